The molecule has 0 aliphatic rings. The zero-order chi connectivity index (χ0) is 22.3. The van der Waals surface area contributed by atoms with Crippen LogP contribution in [0.15, 0.2) is 47.4 Å². The van der Waals surface area contributed by atoms with E-state index in [1.165, 1.54) is 28.4 Å². The summed E-state index contributed by atoms with van der Waals surface area (Å²) >= 11 is 0. The van der Waals surface area contributed by atoms with Gasteiger partial charge in [0, 0.05) is 25.7 Å². The standard InChI is InChI=1S/C22H30N2O5S/c1-6-24(7-2)30(26,27)21-16-18(12-13-20(21)28-5)22(25)23(4)14-15-29-19-11-9-8-10-17(19)3/h8-13,16H,6-7,14-15H2,1-5H3. The van der Waals surface area contributed by atoms with Crippen LogP contribution in [0.25, 0.3) is 0 Å². The normalized spacial score (nSPS) is 11.4. The second-order valence-corrected chi connectivity index (χ2v) is 8.70. The Hall–Kier alpha value is -2.58. The van der Waals surface area contributed by atoms with E-state index in [2.05, 4.69) is 0 Å². The lowest BCUT2D eigenvalue weighted by Crippen LogP contribution is -2.32. The number of aryl methyl sites for hydroxylation is 1. The minimum atomic E-state index is -3.77. The number of rotatable bonds is 10. The number of nitrogens with zero attached hydrogens (tertiary/aromatic N) is 2. The van der Waals surface area contributed by atoms with E-state index in [0.717, 1.165) is 11.3 Å². The van der Waals surface area contributed by atoms with Gasteiger partial charge in [-0.1, -0.05) is 32.0 Å². The Kier molecular flexibility index (Phi) is 8.25. The van der Waals surface area contributed by atoms with Crippen LogP contribution in [0.1, 0.15) is 29.8 Å². The predicted octanol–water partition coefficient (Wildman–Crippen LogP) is 3.19. The SMILES string of the molecule is CCN(CC)S(=O)(=O)c1cc(C(=O)N(C)CCOc2ccccc2C)ccc1OC. The number of benzene rings is 2. The molecule has 0 heterocycles. The summed E-state index contributed by atoms with van der Waals surface area (Å²) in [5.41, 5.74) is 1.30. The summed E-state index contributed by atoms with van der Waals surface area (Å²) in [5.74, 6) is 0.696. The van der Waals surface area contributed by atoms with Crippen LogP contribution in [-0.2, 0) is 10.0 Å². The fraction of sp³-hybridized carbons (Fsp3) is 0.409. The van der Waals surface area contributed by atoms with Crippen molar-refractivity contribution in [3.8, 4) is 11.5 Å². The molecule has 8 heteroatoms. The maximum Gasteiger partial charge on any atom is 0.253 e. The molecule has 7 nitrogen and oxygen atoms in total. The monoisotopic (exact) mass is 434 g/mol. The van der Waals surface area contributed by atoms with Crippen molar-refractivity contribution in [2.24, 2.45) is 0 Å². The van der Waals surface area contributed by atoms with Crippen molar-refractivity contribution in [2.75, 3.05) is 40.4 Å². The molecule has 0 atom stereocenters. The first-order valence-electron chi connectivity index (χ1n) is 9.88. The van der Waals surface area contributed by atoms with E-state index >= 15 is 0 Å². The van der Waals surface area contributed by atoms with E-state index in [0.29, 0.717) is 26.2 Å². The van der Waals surface area contributed by atoms with Crippen molar-refractivity contribution in [3.63, 3.8) is 0 Å². The molecule has 0 saturated carbocycles. The van der Waals surface area contributed by atoms with Crippen LogP contribution in [0.2, 0.25) is 0 Å². The molecule has 0 aliphatic heterocycles. The van der Waals surface area contributed by atoms with Gasteiger partial charge in [0.25, 0.3) is 5.91 Å². The van der Waals surface area contributed by atoms with Crippen molar-refractivity contribution in [2.45, 2.75) is 25.7 Å². The number of hydrogen-bond acceptors (Lipinski definition) is 5. The highest BCUT2D eigenvalue weighted by molar-refractivity contribution is 7.89. The number of carbonyl (C=O) groups is 1. The third kappa shape index (κ3) is 5.31. The number of methoxy groups -OCH3 is 1. The zero-order valence-electron chi connectivity index (χ0n) is 18.2. The molecule has 2 aromatic rings. The smallest absolute Gasteiger partial charge is 0.253 e. The molecule has 164 valence electrons. The number of carbonyl (C=O) groups excluding carboxylic acids is 1. The Morgan fingerprint density at radius 1 is 1.03 bits per heavy atom. The van der Waals surface area contributed by atoms with Crippen LogP contribution >= 0.6 is 0 Å². The van der Waals surface area contributed by atoms with Gasteiger partial charge in [0.15, 0.2) is 0 Å². The van der Waals surface area contributed by atoms with Crippen molar-refractivity contribution >= 4 is 15.9 Å². The quantitative estimate of drug-likeness (QED) is 0.574. The Morgan fingerprint density at radius 2 is 1.70 bits per heavy atom. The fourth-order valence-corrected chi connectivity index (χ4v) is 4.69. The molecule has 2 rings (SSSR count). The van der Waals surface area contributed by atoms with Gasteiger partial charge < -0.3 is 14.4 Å². The topological polar surface area (TPSA) is 76.2 Å². The van der Waals surface area contributed by atoms with Crippen LogP contribution in [0.5, 0.6) is 11.5 Å². The van der Waals surface area contributed by atoms with E-state index in [4.69, 9.17) is 9.47 Å². The molecule has 0 fully saturated rings. The summed E-state index contributed by atoms with van der Waals surface area (Å²) in [6.45, 7) is 6.84. The third-order valence-corrected chi connectivity index (χ3v) is 6.93. The lowest BCUT2D eigenvalue weighted by molar-refractivity contribution is 0.0773. The van der Waals surface area contributed by atoms with Crippen LogP contribution in [0.3, 0.4) is 0 Å². The highest BCUT2D eigenvalue weighted by Gasteiger charge is 2.27. The molecule has 0 aliphatic carbocycles. The van der Waals surface area contributed by atoms with Crippen molar-refractivity contribution in [1.82, 2.24) is 9.21 Å². The summed E-state index contributed by atoms with van der Waals surface area (Å²) in [6.07, 6.45) is 0. The molecule has 0 unspecified atom stereocenters. The third-order valence-electron chi connectivity index (χ3n) is 4.86. The number of hydrogen-bond donors (Lipinski definition) is 0. The van der Waals surface area contributed by atoms with Gasteiger partial charge >= 0.3 is 0 Å². The van der Waals surface area contributed by atoms with Gasteiger partial charge in [-0.2, -0.15) is 4.31 Å². The van der Waals surface area contributed by atoms with Crippen LogP contribution in [0, 0.1) is 6.92 Å². The number of ether oxygens (including phenoxy) is 2. The van der Waals surface area contributed by atoms with Gasteiger partial charge in [-0.25, -0.2) is 8.42 Å². The first-order chi connectivity index (χ1) is 14.3. The van der Waals surface area contributed by atoms with Crippen molar-refractivity contribution in [3.05, 3.63) is 53.6 Å². The summed E-state index contributed by atoms with van der Waals surface area (Å²) in [6, 6.07) is 12.1. The van der Waals surface area contributed by atoms with Crippen LogP contribution in [-0.4, -0.2) is 63.9 Å². The number of likely N-dealkylation sites (N-methyl/N-ethyl adjacent to an activating group) is 1. The molecule has 1 amide bonds. The average Bonchev–Trinajstić information content (AvgIpc) is 2.74. The second-order valence-electron chi connectivity index (χ2n) is 6.80. The van der Waals surface area contributed by atoms with E-state index in [-0.39, 0.29) is 22.1 Å². The maximum absolute atomic E-state index is 13.0. The van der Waals surface area contributed by atoms with E-state index in [1.54, 1.807) is 27.0 Å². The van der Waals surface area contributed by atoms with E-state index in [9.17, 15) is 13.2 Å². The van der Waals surface area contributed by atoms with Crippen molar-refractivity contribution in [1.29, 1.82) is 0 Å². The molecular formula is C22H30N2O5S. The summed E-state index contributed by atoms with van der Waals surface area (Å²) in [5, 5.41) is 0. The number of sulfonamides is 1. The molecule has 0 bridgehead atoms. The van der Waals surface area contributed by atoms with Gasteiger partial charge in [-0.15, -0.1) is 0 Å². The van der Waals surface area contributed by atoms with E-state index in [1.807, 2.05) is 31.2 Å². The van der Waals surface area contributed by atoms with Crippen LogP contribution < -0.4 is 9.47 Å². The van der Waals surface area contributed by atoms with Crippen LogP contribution in [0.4, 0.5) is 0 Å². The minimum Gasteiger partial charge on any atom is -0.495 e. The molecule has 30 heavy (non-hydrogen) atoms. The van der Waals surface area contributed by atoms with Gasteiger partial charge in [0.1, 0.15) is 23.0 Å². The highest BCUT2D eigenvalue weighted by Crippen LogP contribution is 2.28. The zero-order valence-corrected chi connectivity index (χ0v) is 19.0. The number of amides is 1. The molecule has 0 N–H and O–H groups in total. The highest BCUT2D eigenvalue weighted by atomic mass is 32.2. The van der Waals surface area contributed by atoms with Gasteiger partial charge in [-0.05, 0) is 36.8 Å². The Morgan fingerprint density at radius 3 is 2.30 bits per heavy atom. The molecule has 2 aromatic carbocycles. The molecular weight excluding hydrogens is 404 g/mol. The molecule has 0 spiro atoms. The van der Waals surface area contributed by atoms with Gasteiger partial charge in [0.2, 0.25) is 10.0 Å². The first-order valence-corrected chi connectivity index (χ1v) is 11.3. The molecule has 0 radical (unpaired) electrons. The summed E-state index contributed by atoms with van der Waals surface area (Å²) < 4.78 is 38.3. The Bertz CT molecular complexity index is 971. The van der Waals surface area contributed by atoms with Gasteiger partial charge in [-0.3, -0.25) is 4.79 Å². The fourth-order valence-electron chi connectivity index (χ4n) is 3.05. The summed E-state index contributed by atoms with van der Waals surface area (Å²) in [4.78, 5) is 14.4. The summed E-state index contributed by atoms with van der Waals surface area (Å²) in [7, 11) is -0.702. The van der Waals surface area contributed by atoms with Gasteiger partial charge in [0.05, 0.1) is 13.7 Å². The maximum atomic E-state index is 13.0. The van der Waals surface area contributed by atoms with Crippen molar-refractivity contribution < 1.29 is 22.7 Å². The lowest BCUT2D eigenvalue weighted by Gasteiger charge is -2.22. The molecule has 0 saturated heterocycles. The molecule has 0 aromatic heterocycles. The Labute approximate surface area is 179 Å². The first kappa shape index (κ1) is 23.7. The lowest BCUT2D eigenvalue weighted by atomic mass is 10.2. The Balaban J connectivity index is 2.18. The predicted molar refractivity (Wildman–Crippen MR) is 117 cm³/mol. The minimum absolute atomic E-state index is 0.0101. The second kappa shape index (κ2) is 10.4. The largest absolute Gasteiger partial charge is 0.495 e. The number of para-hydroxylation sites is 1. The average molecular weight is 435 g/mol. The van der Waals surface area contributed by atoms with E-state index < -0.39 is 10.0 Å².